The Morgan fingerprint density at radius 3 is 2.70 bits per heavy atom. The molecule has 1 atom stereocenters. The normalized spacial score (nSPS) is 17.4. The number of aromatic nitrogens is 1. The van der Waals surface area contributed by atoms with Gasteiger partial charge in [-0.15, -0.1) is 0 Å². The average Bonchev–Trinajstić information content (AvgIpc) is 2.95. The van der Waals surface area contributed by atoms with Gasteiger partial charge in [0, 0.05) is 10.9 Å². The number of rotatable bonds is 2. The van der Waals surface area contributed by atoms with E-state index in [2.05, 4.69) is 67.4 Å². The van der Waals surface area contributed by atoms with Crippen molar-refractivity contribution in [2.24, 2.45) is 4.99 Å². The number of H-pyrrole nitrogens is 1. The molecular weight excluding hydrogens is 280 g/mol. The van der Waals surface area contributed by atoms with E-state index in [0.717, 1.165) is 12.8 Å². The number of nitrogens with one attached hydrogen (secondary N) is 1. The van der Waals surface area contributed by atoms with Crippen molar-refractivity contribution in [1.29, 1.82) is 0 Å². The van der Waals surface area contributed by atoms with E-state index in [4.69, 9.17) is 4.99 Å². The van der Waals surface area contributed by atoms with Crippen LogP contribution in [0.1, 0.15) is 48.2 Å². The SMILES string of the molecule is Cc1ccc2[nH]c3c(c2c1)CCCC3=NC(C)c1ccccc1. The Morgan fingerprint density at radius 2 is 1.87 bits per heavy atom. The van der Waals surface area contributed by atoms with E-state index in [9.17, 15) is 0 Å². The van der Waals surface area contributed by atoms with Crippen LogP contribution in [-0.2, 0) is 6.42 Å². The van der Waals surface area contributed by atoms with E-state index in [1.165, 1.54) is 45.4 Å². The molecule has 1 N–H and O–H groups in total. The fraction of sp³-hybridized carbons (Fsp3) is 0.286. The lowest BCUT2D eigenvalue weighted by Crippen LogP contribution is -2.12. The zero-order chi connectivity index (χ0) is 15.8. The summed E-state index contributed by atoms with van der Waals surface area (Å²) in [4.78, 5) is 8.67. The van der Waals surface area contributed by atoms with Crippen LogP contribution >= 0.6 is 0 Å². The molecule has 1 aliphatic carbocycles. The molecule has 0 spiro atoms. The Morgan fingerprint density at radius 1 is 1.04 bits per heavy atom. The van der Waals surface area contributed by atoms with Crippen LogP contribution < -0.4 is 0 Å². The van der Waals surface area contributed by atoms with Gasteiger partial charge in [0.05, 0.1) is 17.4 Å². The van der Waals surface area contributed by atoms with Gasteiger partial charge in [-0.3, -0.25) is 4.99 Å². The molecule has 4 rings (SSSR count). The van der Waals surface area contributed by atoms with Gasteiger partial charge in [0.1, 0.15) is 0 Å². The minimum absolute atomic E-state index is 0.199. The van der Waals surface area contributed by atoms with Gasteiger partial charge >= 0.3 is 0 Å². The first-order chi connectivity index (χ1) is 11.2. The van der Waals surface area contributed by atoms with Crippen molar-refractivity contribution >= 4 is 16.6 Å². The lowest BCUT2D eigenvalue weighted by Gasteiger charge is -2.17. The number of aromatic amines is 1. The number of nitrogens with zero attached hydrogens (tertiary/aromatic N) is 1. The molecule has 1 aromatic heterocycles. The number of aryl methyl sites for hydroxylation is 2. The Kier molecular flexibility index (Phi) is 3.53. The maximum absolute atomic E-state index is 5.05. The number of benzene rings is 2. The summed E-state index contributed by atoms with van der Waals surface area (Å²) < 4.78 is 0. The lowest BCUT2D eigenvalue weighted by molar-refractivity contribution is 0.784. The highest BCUT2D eigenvalue weighted by molar-refractivity contribution is 6.06. The van der Waals surface area contributed by atoms with E-state index in [-0.39, 0.29) is 6.04 Å². The second-order valence-electron chi connectivity index (χ2n) is 6.54. The fourth-order valence-corrected chi connectivity index (χ4v) is 3.59. The van der Waals surface area contributed by atoms with Gasteiger partial charge in [-0.2, -0.15) is 0 Å². The maximum atomic E-state index is 5.05. The van der Waals surface area contributed by atoms with Crippen molar-refractivity contribution in [3.05, 3.63) is 70.9 Å². The molecule has 2 heteroatoms. The van der Waals surface area contributed by atoms with Crippen LogP contribution in [0.3, 0.4) is 0 Å². The first-order valence-corrected chi connectivity index (χ1v) is 8.45. The minimum Gasteiger partial charge on any atom is -0.353 e. The van der Waals surface area contributed by atoms with Gasteiger partial charge in [0.2, 0.25) is 0 Å². The molecule has 0 bridgehead atoms. The quantitative estimate of drug-likeness (QED) is 0.660. The molecule has 0 radical (unpaired) electrons. The largest absolute Gasteiger partial charge is 0.353 e. The Labute approximate surface area is 137 Å². The zero-order valence-electron chi connectivity index (χ0n) is 13.8. The van der Waals surface area contributed by atoms with Crippen LogP contribution in [0.15, 0.2) is 53.5 Å². The topological polar surface area (TPSA) is 28.1 Å². The molecule has 2 aromatic carbocycles. The third-order valence-electron chi connectivity index (χ3n) is 4.82. The molecule has 3 aromatic rings. The fourth-order valence-electron chi connectivity index (χ4n) is 3.59. The predicted molar refractivity (Wildman–Crippen MR) is 97.4 cm³/mol. The van der Waals surface area contributed by atoms with Crippen LogP contribution in [0.4, 0.5) is 0 Å². The lowest BCUT2D eigenvalue weighted by atomic mass is 9.93. The molecule has 0 fully saturated rings. The van der Waals surface area contributed by atoms with Gasteiger partial charge < -0.3 is 4.98 Å². The molecule has 0 saturated heterocycles. The summed E-state index contributed by atoms with van der Waals surface area (Å²) in [5.41, 5.74) is 7.78. The second kappa shape index (κ2) is 5.69. The van der Waals surface area contributed by atoms with Crippen molar-refractivity contribution in [3.8, 4) is 0 Å². The standard InChI is InChI=1S/C21H22N2/c1-14-11-12-19-18(13-14)17-9-6-10-20(21(17)23-19)22-15(2)16-7-4-3-5-8-16/h3-5,7-8,11-13,15,23H,6,9-10H2,1-2H3. The summed E-state index contributed by atoms with van der Waals surface area (Å²) in [7, 11) is 0. The summed E-state index contributed by atoms with van der Waals surface area (Å²) in [5.74, 6) is 0. The molecule has 1 aliphatic rings. The maximum Gasteiger partial charge on any atom is 0.0725 e. The van der Waals surface area contributed by atoms with Crippen molar-refractivity contribution in [2.75, 3.05) is 0 Å². The molecule has 116 valence electrons. The molecule has 23 heavy (non-hydrogen) atoms. The van der Waals surface area contributed by atoms with Crippen LogP contribution in [0.25, 0.3) is 10.9 Å². The first kappa shape index (κ1) is 14.3. The molecular formula is C21H22N2. The van der Waals surface area contributed by atoms with E-state index >= 15 is 0 Å². The average molecular weight is 302 g/mol. The van der Waals surface area contributed by atoms with Crippen LogP contribution in [0.5, 0.6) is 0 Å². The second-order valence-corrected chi connectivity index (χ2v) is 6.54. The van der Waals surface area contributed by atoms with Gasteiger partial charge in [0.15, 0.2) is 0 Å². The third kappa shape index (κ3) is 2.59. The first-order valence-electron chi connectivity index (χ1n) is 8.45. The van der Waals surface area contributed by atoms with E-state index in [0.29, 0.717) is 0 Å². The van der Waals surface area contributed by atoms with Gasteiger partial charge in [-0.25, -0.2) is 0 Å². The smallest absolute Gasteiger partial charge is 0.0725 e. The summed E-state index contributed by atoms with van der Waals surface area (Å²) in [6, 6.07) is 17.4. The number of hydrogen-bond donors (Lipinski definition) is 1. The highest BCUT2D eigenvalue weighted by Crippen LogP contribution is 2.31. The van der Waals surface area contributed by atoms with Crippen LogP contribution in [0, 0.1) is 6.92 Å². The van der Waals surface area contributed by atoms with Crippen LogP contribution in [-0.4, -0.2) is 10.7 Å². The molecule has 0 aliphatic heterocycles. The van der Waals surface area contributed by atoms with Crippen molar-refractivity contribution in [2.45, 2.75) is 39.2 Å². The monoisotopic (exact) mass is 302 g/mol. The minimum atomic E-state index is 0.199. The van der Waals surface area contributed by atoms with Crippen molar-refractivity contribution in [3.63, 3.8) is 0 Å². The molecule has 0 saturated carbocycles. The predicted octanol–water partition coefficient (Wildman–Crippen LogP) is 5.36. The summed E-state index contributed by atoms with van der Waals surface area (Å²) in [5, 5.41) is 1.37. The Hall–Kier alpha value is -2.35. The molecule has 1 unspecified atom stereocenters. The molecule has 0 amide bonds. The highest BCUT2D eigenvalue weighted by Gasteiger charge is 2.21. The summed E-state index contributed by atoms with van der Waals surface area (Å²) in [6.07, 6.45) is 3.40. The van der Waals surface area contributed by atoms with Crippen molar-refractivity contribution in [1.82, 2.24) is 4.98 Å². The highest BCUT2D eigenvalue weighted by atomic mass is 14.8. The van der Waals surface area contributed by atoms with Gasteiger partial charge in [0.25, 0.3) is 0 Å². The third-order valence-corrected chi connectivity index (χ3v) is 4.82. The number of hydrogen-bond acceptors (Lipinski definition) is 1. The van der Waals surface area contributed by atoms with Gasteiger partial charge in [-0.05, 0) is 56.4 Å². The van der Waals surface area contributed by atoms with Crippen molar-refractivity contribution < 1.29 is 0 Å². The molecule has 1 heterocycles. The molecule has 2 nitrogen and oxygen atoms in total. The van der Waals surface area contributed by atoms with Crippen LogP contribution in [0.2, 0.25) is 0 Å². The van der Waals surface area contributed by atoms with E-state index in [1.54, 1.807) is 0 Å². The van der Waals surface area contributed by atoms with E-state index < -0.39 is 0 Å². The van der Waals surface area contributed by atoms with Gasteiger partial charge in [-0.1, -0.05) is 42.0 Å². The number of aliphatic imine (C=N–C) groups is 1. The summed E-state index contributed by atoms with van der Waals surface area (Å²) in [6.45, 7) is 4.34. The summed E-state index contributed by atoms with van der Waals surface area (Å²) >= 11 is 0. The zero-order valence-corrected chi connectivity index (χ0v) is 13.8. The number of fused-ring (bicyclic) bond motifs is 3. The Bertz CT molecular complexity index is 871. The van der Waals surface area contributed by atoms with E-state index in [1.807, 2.05) is 0 Å². The Balaban J connectivity index is 1.78.